The maximum absolute atomic E-state index is 10.6. The molecule has 8 heavy (non-hydrogen) atoms. The van der Waals surface area contributed by atoms with E-state index in [4.69, 9.17) is 0 Å². The third kappa shape index (κ3) is 2.91. The van der Waals surface area contributed by atoms with Gasteiger partial charge in [0.1, 0.15) is 0 Å². The predicted molar refractivity (Wildman–Crippen MR) is 37.1 cm³/mol. The van der Waals surface area contributed by atoms with E-state index in [2.05, 4.69) is 17.9 Å². The molecule has 1 N–H and O–H groups in total. The highest BCUT2D eigenvalue weighted by atomic mass is 32.1. The summed E-state index contributed by atoms with van der Waals surface area (Å²) in [5, 5.41) is 2.44. The fourth-order valence-corrected chi connectivity index (χ4v) is 0.413. The van der Waals surface area contributed by atoms with Crippen LogP contribution in [0.5, 0.6) is 0 Å². The van der Waals surface area contributed by atoms with Gasteiger partial charge in [-0.25, -0.2) is 0 Å². The first-order chi connectivity index (χ1) is 3.68. The number of amides is 1. The summed E-state index contributed by atoms with van der Waals surface area (Å²) >= 11 is 3.91. The Labute approximate surface area is 55.1 Å². The highest BCUT2D eigenvalue weighted by molar-refractivity contribution is 7.81. The van der Waals surface area contributed by atoms with E-state index in [0.717, 1.165) is 0 Å². The van der Waals surface area contributed by atoms with Gasteiger partial charge in [0.25, 0.3) is 0 Å². The Morgan fingerprint density at radius 1 is 1.88 bits per heavy atom. The van der Waals surface area contributed by atoms with Crippen molar-refractivity contribution >= 4 is 18.5 Å². The number of nitrogens with one attached hydrogen (secondary N) is 1. The van der Waals surface area contributed by atoms with Crippen LogP contribution in [-0.2, 0) is 4.79 Å². The summed E-state index contributed by atoms with van der Waals surface area (Å²) in [6, 6.07) is 0. The molecule has 0 heterocycles. The molecule has 0 fully saturated rings. The second kappa shape index (κ2) is 3.78. The van der Waals surface area contributed by atoms with Gasteiger partial charge in [0.2, 0.25) is 5.91 Å². The van der Waals surface area contributed by atoms with Crippen molar-refractivity contribution in [2.75, 3.05) is 6.54 Å². The van der Waals surface area contributed by atoms with Crippen LogP contribution in [0.1, 0.15) is 13.8 Å². The number of rotatable bonds is 2. The van der Waals surface area contributed by atoms with Crippen LogP contribution in [0.2, 0.25) is 0 Å². The molecule has 0 aromatic rings. The summed E-state index contributed by atoms with van der Waals surface area (Å²) in [5.41, 5.74) is 0. The zero-order chi connectivity index (χ0) is 6.57. The smallest absolute Gasteiger partial charge is 0.232 e. The van der Waals surface area contributed by atoms with Crippen LogP contribution in [-0.4, -0.2) is 17.7 Å². The molecule has 1 atom stereocenters. The molecular weight excluding hydrogens is 122 g/mol. The van der Waals surface area contributed by atoms with E-state index in [1.165, 1.54) is 0 Å². The molecule has 0 aliphatic heterocycles. The lowest BCUT2D eigenvalue weighted by atomic mass is 10.4. The van der Waals surface area contributed by atoms with Crippen LogP contribution in [0.25, 0.3) is 0 Å². The Kier molecular flexibility index (Phi) is 3.69. The Balaban J connectivity index is 3.33. The minimum atomic E-state index is -0.185. The molecule has 0 rings (SSSR count). The Morgan fingerprint density at radius 2 is 2.38 bits per heavy atom. The molecule has 48 valence electrons. The summed E-state index contributed by atoms with van der Waals surface area (Å²) in [6.07, 6.45) is 0. The Bertz CT molecular complexity index is 82.5. The number of carbonyl (C=O) groups is 1. The number of hydrogen-bond acceptors (Lipinski definition) is 2. The Morgan fingerprint density at radius 3 is 2.50 bits per heavy atom. The highest BCUT2D eigenvalue weighted by Gasteiger charge is 2.03. The standard InChI is InChI=1S/C5H11NOS/c1-3-6-5(7)4(2)8/h4,8H,3H2,1-2H3,(H,6,7)/t4-/m1/s1. The van der Waals surface area contributed by atoms with E-state index in [0.29, 0.717) is 6.54 Å². The van der Waals surface area contributed by atoms with Gasteiger partial charge in [0.15, 0.2) is 0 Å². The van der Waals surface area contributed by atoms with Crippen LogP contribution in [0.4, 0.5) is 0 Å². The van der Waals surface area contributed by atoms with E-state index in [-0.39, 0.29) is 11.2 Å². The first kappa shape index (κ1) is 7.82. The van der Waals surface area contributed by atoms with E-state index in [1.54, 1.807) is 6.92 Å². The van der Waals surface area contributed by atoms with Crippen molar-refractivity contribution in [3.8, 4) is 0 Å². The van der Waals surface area contributed by atoms with Gasteiger partial charge in [-0.1, -0.05) is 0 Å². The third-order valence-electron chi connectivity index (χ3n) is 0.730. The number of hydrogen-bond donors (Lipinski definition) is 2. The van der Waals surface area contributed by atoms with Gasteiger partial charge in [-0.15, -0.1) is 0 Å². The minimum Gasteiger partial charge on any atom is -0.355 e. The van der Waals surface area contributed by atoms with Crippen LogP contribution in [0.3, 0.4) is 0 Å². The summed E-state index contributed by atoms with van der Waals surface area (Å²) in [4.78, 5) is 10.6. The van der Waals surface area contributed by atoms with Gasteiger partial charge in [0.05, 0.1) is 5.25 Å². The van der Waals surface area contributed by atoms with Crippen LogP contribution in [0, 0.1) is 0 Å². The normalized spacial score (nSPS) is 12.9. The van der Waals surface area contributed by atoms with Gasteiger partial charge < -0.3 is 5.32 Å². The molecule has 0 spiro atoms. The molecule has 1 amide bonds. The van der Waals surface area contributed by atoms with Gasteiger partial charge in [-0.05, 0) is 13.8 Å². The summed E-state index contributed by atoms with van der Waals surface area (Å²) < 4.78 is 0. The SMILES string of the molecule is CCNC(=O)[C@@H](C)S. The molecule has 0 aromatic carbocycles. The zero-order valence-corrected chi connectivity index (χ0v) is 6.03. The second-order valence-electron chi connectivity index (χ2n) is 1.57. The van der Waals surface area contributed by atoms with E-state index < -0.39 is 0 Å². The molecule has 3 heteroatoms. The number of carbonyl (C=O) groups excluding carboxylic acids is 1. The maximum Gasteiger partial charge on any atom is 0.232 e. The summed E-state index contributed by atoms with van der Waals surface area (Å²) in [7, 11) is 0. The maximum atomic E-state index is 10.6. The quantitative estimate of drug-likeness (QED) is 0.526. The van der Waals surface area contributed by atoms with Crippen LogP contribution < -0.4 is 5.32 Å². The molecule has 0 saturated heterocycles. The van der Waals surface area contributed by atoms with Crippen molar-refractivity contribution in [2.24, 2.45) is 0 Å². The lowest BCUT2D eigenvalue weighted by molar-refractivity contribution is -0.120. The average Bonchev–Trinajstić information content (AvgIpc) is 1.67. The Hall–Kier alpha value is -0.180. The molecule has 2 nitrogen and oxygen atoms in total. The topological polar surface area (TPSA) is 29.1 Å². The van der Waals surface area contributed by atoms with E-state index >= 15 is 0 Å². The van der Waals surface area contributed by atoms with Crippen molar-refractivity contribution < 1.29 is 4.79 Å². The van der Waals surface area contributed by atoms with Crippen molar-refractivity contribution in [1.29, 1.82) is 0 Å². The lowest BCUT2D eigenvalue weighted by Gasteiger charge is -2.01. The van der Waals surface area contributed by atoms with Crippen LogP contribution in [0.15, 0.2) is 0 Å². The second-order valence-corrected chi connectivity index (χ2v) is 2.35. The average molecular weight is 133 g/mol. The van der Waals surface area contributed by atoms with Crippen molar-refractivity contribution in [3.63, 3.8) is 0 Å². The lowest BCUT2D eigenvalue weighted by Crippen LogP contribution is -2.29. The van der Waals surface area contributed by atoms with Crippen molar-refractivity contribution in [3.05, 3.63) is 0 Å². The van der Waals surface area contributed by atoms with Gasteiger partial charge in [0, 0.05) is 6.54 Å². The molecule has 0 aromatic heterocycles. The van der Waals surface area contributed by atoms with Crippen LogP contribution >= 0.6 is 12.6 Å². The fraction of sp³-hybridized carbons (Fsp3) is 0.800. The van der Waals surface area contributed by atoms with E-state index in [9.17, 15) is 4.79 Å². The van der Waals surface area contributed by atoms with Gasteiger partial charge >= 0.3 is 0 Å². The first-order valence-corrected chi connectivity index (χ1v) is 3.16. The third-order valence-corrected chi connectivity index (χ3v) is 0.965. The van der Waals surface area contributed by atoms with Gasteiger partial charge in [-0.3, -0.25) is 4.79 Å². The largest absolute Gasteiger partial charge is 0.355 e. The van der Waals surface area contributed by atoms with Crippen molar-refractivity contribution in [2.45, 2.75) is 19.1 Å². The van der Waals surface area contributed by atoms with Crippen molar-refractivity contribution in [1.82, 2.24) is 5.32 Å². The fourth-order valence-electron chi connectivity index (χ4n) is 0.322. The highest BCUT2D eigenvalue weighted by Crippen LogP contribution is 1.89. The zero-order valence-electron chi connectivity index (χ0n) is 5.14. The molecule has 0 bridgehead atoms. The molecule has 0 aliphatic carbocycles. The minimum absolute atomic E-state index is 0.00386. The summed E-state index contributed by atoms with van der Waals surface area (Å²) in [5.74, 6) is -0.00386. The number of thiol groups is 1. The molecular formula is C5H11NOS. The predicted octanol–water partition coefficient (Wildman–Crippen LogP) is 0.441. The monoisotopic (exact) mass is 133 g/mol. The van der Waals surface area contributed by atoms with E-state index in [1.807, 2.05) is 6.92 Å². The molecule has 0 radical (unpaired) electrons. The summed E-state index contributed by atoms with van der Waals surface area (Å²) in [6.45, 7) is 4.31. The molecule has 0 saturated carbocycles. The molecule has 0 unspecified atom stereocenters. The van der Waals surface area contributed by atoms with Gasteiger partial charge in [-0.2, -0.15) is 12.6 Å². The molecule has 0 aliphatic rings. The first-order valence-electron chi connectivity index (χ1n) is 2.64.